The second-order valence-electron chi connectivity index (χ2n) is 5.36. The van der Waals surface area contributed by atoms with Gasteiger partial charge >= 0.3 is 0 Å². The fraction of sp³-hybridized carbons (Fsp3) is 0.438. The average molecular weight is 255 g/mol. The molecule has 1 aliphatic heterocycles. The molecule has 2 rings (SSSR count). The molecule has 0 aliphatic carbocycles. The highest BCUT2D eigenvalue weighted by atomic mass is 15.4. The number of benzene rings is 1. The first-order valence-corrected chi connectivity index (χ1v) is 6.59. The van der Waals surface area contributed by atoms with Crippen molar-refractivity contribution >= 4 is 5.69 Å². The maximum absolute atomic E-state index is 9.15. The van der Waals surface area contributed by atoms with E-state index in [0.29, 0.717) is 5.70 Å². The maximum atomic E-state index is 9.15. The van der Waals surface area contributed by atoms with Gasteiger partial charge in [0.15, 0.2) is 0 Å². The summed E-state index contributed by atoms with van der Waals surface area (Å²) >= 11 is 0. The van der Waals surface area contributed by atoms with Gasteiger partial charge in [-0.3, -0.25) is 0 Å². The van der Waals surface area contributed by atoms with Crippen LogP contribution in [0.4, 0.5) is 5.69 Å². The predicted octanol–water partition coefficient (Wildman–Crippen LogP) is 3.38. The van der Waals surface area contributed by atoms with Crippen LogP contribution in [-0.2, 0) is 0 Å². The zero-order chi connectivity index (χ0) is 14.3. The van der Waals surface area contributed by atoms with E-state index >= 15 is 0 Å². The molecule has 1 atom stereocenters. The summed E-state index contributed by atoms with van der Waals surface area (Å²) in [6.45, 7) is 10.7. The van der Waals surface area contributed by atoms with Gasteiger partial charge in [-0.15, -0.1) is 0 Å². The summed E-state index contributed by atoms with van der Waals surface area (Å²) in [5, 5.41) is 9.15. The van der Waals surface area contributed by atoms with Gasteiger partial charge < -0.3 is 9.80 Å². The van der Waals surface area contributed by atoms with Crippen molar-refractivity contribution in [3.05, 3.63) is 40.2 Å². The van der Waals surface area contributed by atoms with E-state index in [4.69, 9.17) is 5.26 Å². The number of aryl methyl sites for hydroxylation is 1. The highest BCUT2D eigenvalue weighted by Gasteiger charge is 2.28. The number of allylic oxidation sites excluding steroid dienone is 1. The molecule has 1 aromatic rings. The molecule has 0 saturated carbocycles. The van der Waals surface area contributed by atoms with E-state index in [1.807, 2.05) is 18.1 Å². The molecule has 3 heteroatoms. The molecule has 0 fully saturated rings. The topological polar surface area (TPSA) is 30.3 Å². The van der Waals surface area contributed by atoms with Crippen LogP contribution in [0.5, 0.6) is 0 Å². The third-order valence-corrected chi connectivity index (χ3v) is 4.45. The standard InChI is InChI=1S/C16H21N3/c1-10-7-16(13(4)12(3)11(10)2)19-9-15(8-17)18(6)14(19)5/h7,9,14H,1-6H3/t14-/m0/s1. The summed E-state index contributed by atoms with van der Waals surface area (Å²) in [6.07, 6.45) is 2.12. The van der Waals surface area contributed by atoms with E-state index in [0.717, 1.165) is 0 Å². The lowest BCUT2D eigenvalue weighted by Crippen LogP contribution is -2.35. The lowest BCUT2D eigenvalue weighted by molar-refractivity contribution is 0.367. The van der Waals surface area contributed by atoms with Gasteiger partial charge in [0, 0.05) is 18.9 Å². The van der Waals surface area contributed by atoms with Gasteiger partial charge in [0.1, 0.15) is 17.9 Å². The molecular weight excluding hydrogens is 234 g/mol. The van der Waals surface area contributed by atoms with Gasteiger partial charge in [0.2, 0.25) is 0 Å². The Hall–Kier alpha value is -1.95. The van der Waals surface area contributed by atoms with Crippen LogP contribution in [0, 0.1) is 39.0 Å². The van der Waals surface area contributed by atoms with Crippen LogP contribution in [0.25, 0.3) is 0 Å². The molecule has 3 nitrogen and oxygen atoms in total. The van der Waals surface area contributed by atoms with Crippen LogP contribution in [0.15, 0.2) is 18.0 Å². The number of hydrogen-bond acceptors (Lipinski definition) is 3. The Balaban J connectivity index is 2.56. The predicted molar refractivity (Wildman–Crippen MR) is 78.8 cm³/mol. The first-order chi connectivity index (χ1) is 8.88. The fourth-order valence-electron chi connectivity index (χ4n) is 2.56. The largest absolute Gasteiger partial charge is 0.344 e. The third kappa shape index (κ3) is 1.98. The summed E-state index contributed by atoms with van der Waals surface area (Å²) < 4.78 is 0. The molecule has 1 heterocycles. The number of rotatable bonds is 1. The molecule has 1 aliphatic rings. The van der Waals surface area contributed by atoms with E-state index in [9.17, 15) is 0 Å². The van der Waals surface area contributed by atoms with Gasteiger partial charge in [-0.05, 0) is 62.9 Å². The molecular formula is C16H21N3. The lowest BCUT2D eigenvalue weighted by Gasteiger charge is -2.29. The van der Waals surface area contributed by atoms with Crippen molar-refractivity contribution in [3.8, 4) is 6.07 Å². The maximum Gasteiger partial charge on any atom is 0.134 e. The zero-order valence-corrected chi connectivity index (χ0v) is 12.6. The normalized spacial score (nSPS) is 18.6. The second kappa shape index (κ2) is 4.62. The minimum absolute atomic E-state index is 0.176. The van der Waals surface area contributed by atoms with Crippen molar-refractivity contribution < 1.29 is 0 Å². The number of anilines is 1. The molecule has 0 spiro atoms. The summed E-state index contributed by atoms with van der Waals surface area (Å²) in [6, 6.07) is 4.47. The van der Waals surface area contributed by atoms with Crippen molar-refractivity contribution in [2.75, 3.05) is 11.9 Å². The summed E-state index contributed by atoms with van der Waals surface area (Å²) in [7, 11) is 1.96. The summed E-state index contributed by atoms with van der Waals surface area (Å²) in [5.74, 6) is 0. The third-order valence-electron chi connectivity index (χ3n) is 4.45. The molecule has 0 saturated heterocycles. The molecule has 0 bridgehead atoms. The van der Waals surface area contributed by atoms with Crippen LogP contribution < -0.4 is 4.90 Å². The number of nitrogens with zero attached hydrogens (tertiary/aromatic N) is 3. The molecule has 0 radical (unpaired) electrons. The molecule has 0 aromatic heterocycles. The number of hydrogen-bond donors (Lipinski definition) is 0. The van der Waals surface area contributed by atoms with Crippen LogP contribution in [0.1, 0.15) is 29.2 Å². The Labute approximate surface area is 115 Å². The van der Waals surface area contributed by atoms with E-state index in [2.05, 4.69) is 51.7 Å². The van der Waals surface area contributed by atoms with Crippen molar-refractivity contribution in [1.29, 1.82) is 5.26 Å². The zero-order valence-electron chi connectivity index (χ0n) is 12.6. The van der Waals surface area contributed by atoms with E-state index < -0.39 is 0 Å². The van der Waals surface area contributed by atoms with Crippen molar-refractivity contribution in [2.24, 2.45) is 0 Å². The average Bonchev–Trinajstić information content (AvgIpc) is 2.68. The van der Waals surface area contributed by atoms with Gasteiger partial charge in [0.05, 0.1) is 0 Å². The number of nitriles is 1. The lowest BCUT2D eigenvalue weighted by atomic mass is 9.97. The molecule has 0 unspecified atom stereocenters. The first-order valence-electron chi connectivity index (χ1n) is 6.59. The molecule has 1 aromatic carbocycles. The van der Waals surface area contributed by atoms with Crippen molar-refractivity contribution in [2.45, 2.75) is 40.8 Å². The van der Waals surface area contributed by atoms with E-state index in [1.165, 1.54) is 27.9 Å². The summed E-state index contributed by atoms with van der Waals surface area (Å²) in [5.41, 5.74) is 7.19. The van der Waals surface area contributed by atoms with Crippen molar-refractivity contribution in [1.82, 2.24) is 4.90 Å². The van der Waals surface area contributed by atoms with Gasteiger partial charge in [-0.1, -0.05) is 0 Å². The van der Waals surface area contributed by atoms with Crippen LogP contribution in [0.2, 0.25) is 0 Å². The summed E-state index contributed by atoms with van der Waals surface area (Å²) in [4.78, 5) is 4.19. The SMILES string of the molecule is Cc1cc(N2C=C(C#N)N(C)[C@@H]2C)c(C)c(C)c1C. The van der Waals surface area contributed by atoms with Gasteiger partial charge in [-0.2, -0.15) is 5.26 Å². The quantitative estimate of drug-likeness (QED) is 0.770. The Kier molecular flexibility index (Phi) is 3.28. The van der Waals surface area contributed by atoms with Gasteiger partial charge in [0.25, 0.3) is 0 Å². The fourth-order valence-corrected chi connectivity index (χ4v) is 2.56. The Morgan fingerprint density at radius 3 is 2.26 bits per heavy atom. The molecule has 19 heavy (non-hydrogen) atoms. The molecule has 0 amide bonds. The van der Waals surface area contributed by atoms with E-state index in [-0.39, 0.29) is 6.17 Å². The van der Waals surface area contributed by atoms with Crippen LogP contribution in [0.3, 0.4) is 0 Å². The van der Waals surface area contributed by atoms with Crippen LogP contribution in [-0.4, -0.2) is 18.1 Å². The molecule has 100 valence electrons. The smallest absolute Gasteiger partial charge is 0.134 e. The Bertz CT molecular complexity index is 593. The monoisotopic (exact) mass is 255 g/mol. The van der Waals surface area contributed by atoms with Crippen molar-refractivity contribution in [3.63, 3.8) is 0 Å². The highest BCUT2D eigenvalue weighted by Crippen LogP contribution is 2.33. The Morgan fingerprint density at radius 1 is 1.11 bits per heavy atom. The Morgan fingerprint density at radius 2 is 1.74 bits per heavy atom. The highest BCUT2D eigenvalue weighted by molar-refractivity contribution is 5.64. The first kappa shape index (κ1) is 13.5. The van der Waals surface area contributed by atoms with Crippen LogP contribution >= 0.6 is 0 Å². The second-order valence-corrected chi connectivity index (χ2v) is 5.36. The minimum Gasteiger partial charge on any atom is -0.344 e. The van der Waals surface area contributed by atoms with E-state index in [1.54, 1.807) is 0 Å². The molecule has 0 N–H and O–H groups in total. The minimum atomic E-state index is 0.176. The van der Waals surface area contributed by atoms with Gasteiger partial charge in [-0.25, -0.2) is 0 Å².